The molecule has 3 rings (SSSR count). The second kappa shape index (κ2) is 8.90. The van der Waals surface area contributed by atoms with Crippen molar-refractivity contribution >= 4 is 23.9 Å². The van der Waals surface area contributed by atoms with Gasteiger partial charge < -0.3 is 23.7 Å². The molecule has 3 aliphatic rings. The molecule has 9 nitrogen and oxygen atoms in total. The topological polar surface area (TPSA) is 118 Å². The molecule has 0 unspecified atom stereocenters. The predicted molar refractivity (Wildman–Crippen MR) is 110 cm³/mol. The number of esters is 4. The third kappa shape index (κ3) is 4.48. The van der Waals surface area contributed by atoms with Gasteiger partial charge in [0.2, 0.25) is 0 Å². The number of methoxy groups -OCH3 is 1. The van der Waals surface area contributed by atoms with Gasteiger partial charge in [-0.05, 0) is 39.7 Å². The van der Waals surface area contributed by atoms with Crippen LogP contribution in [0.3, 0.4) is 0 Å². The summed E-state index contributed by atoms with van der Waals surface area (Å²) in [5, 5.41) is 0. The third-order valence-corrected chi connectivity index (χ3v) is 6.07. The maximum Gasteiger partial charge on any atom is 0.341 e. The molecule has 0 radical (unpaired) electrons. The summed E-state index contributed by atoms with van der Waals surface area (Å²) in [7, 11) is 1.20. The Kier molecular flexibility index (Phi) is 6.59. The van der Waals surface area contributed by atoms with E-state index in [2.05, 4.69) is 6.58 Å². The van der Waals surface area contributed by atoms with Crippen LogP contribution in [0, 0.1) is 5.92 Å². The van der Waals surface area contributed by atoms with Crippen molar-refractivity contribution in [3.05, 3.63) is 35.5 Å². The van der Waals surface area contributed by atoms with Crippen molar-refractivity contribution in [2.75, 3.05) is 7.11 Å². The number of hydrogen-bond acceptors (Lipinski definition) is 9. The van der Waals surface area contributed by atoms with Gasteiger partial charge in [0, 0.05) is 12.5 Å². The summed E-state index contributed by atoms with van der Waals surface area (Å²) in [6.07, 6.45) is 0.540. The quantitative estimate of drug-likeness (QED) is 0.209. The Hall–Kier alpha value is -2.94. The molecule has 2 aliphatic heterocycles. The first-order valence-electron chi connectivity index (χ1n) is 10.4. The highest BCUT2D eigenvalue weighted by atomic mass is 16.7. The summed E-state index contributed by atoms with van der Waals surface area (Å²) in [4.78, 5) is 50.0. The van der Waals surface area contributed by atoms with E-state index in [0.717, 1.165) is 5.57 Å². The first-order chi connectivity index (χ1) is 15.0. The normalized spacial score (nSPS) is 37.6. The number of allylic oxidation sites excluding steroid dienone is 2. The van der Waals surface area contributed by atoms with Gasteiger partial charge in [-0.1, -0.05) is 18.2 Å². The largest absolute Gasteiger partial charge is 0.466 e. The molecule has 0 amide bonds. The predicted octanol–water partition coefficient (Wildman–Crippen LogP) is 1.94. The Bertz CT molecular complexity index is 914. The lowest BCUT2D eigenvalue weighted by atomic mass is 9.83. The van der Waals surface area contributed by atoms with Gasteiger partial charge in [-0.25, -0.2) is 14.4 Å². The Morgan fingerprint density at radius 1 is 1.25 bits per heavy atom. The average molecular weight is 448 g/mol. The van der Waals surface area contributed by atoms with E-state index in [1.807, 2.05) is 6.92 Å². The zero-order chi connectivity index (χ0) is 23.8. The molecule has 2 saturated heterocycles. The Morgan fingerprint density at radius 2 is 1.91 bits per heavy atom. The molecule has 0 aromatic carbocycles. The first kappa shape index (κ1) is 23.7. The van der Waals surface area contributed by atoms with E-state index in [9.17, 15) is 19.2 Å². The minimum atomic E-state index is -1.34. The van der Waals surface area contributed by atoms with Crippen LogP contribution in [0.2, 0.25) is 0 Å². The molecule has 0 saturated carbocycles. The van der Waals surface area contributed by atoms with Gasteiger partial charge in [0.1, 0.15) is 6.10 Å². The van der Waals surface area contributed by atoms with Gasteiger partial charge in [-0.2, -0.15) is 0 Å². The van der Waals surface area contributed by atoms with Crippen molar-refractivity contribution < 1.29 is 42.9 Å². The third-order valence-electron chi connectivity index (χ3n) is 6.07. The molecule has 0 N–H and O–H groups in total. The fourth-order valence-corrected chi connectivity index (χ4v) is 3.98. The minimum Gasteiger partial charge on any atom is -0.466 e. The van der Waals surface area contributed by atoms with Crippen LogP contribution in [-0.2, 0) is 42.9 Å². The molecule has 9 heteroatoms. The van der Waals surface area contributed by atoms with E-state index in [1.165, 1.54) is 14.0 Å². The average Bonchev–Trinajstić information content (AvgIpc) is 3.25. The Labute approximate surface area is 186 Å². The van der Waals surface area contributed by atoms with Crippen molar-refractivity contribution in [2.45, 2.75) is 70.6 Å². The summed E-state index contributed by atoms with van der Waals surface area (Å²) in [6.45, 7) is 10.2. The Morgan fingerprint density at radius 3 is 2.47 bits per heavy atom. The second-order valence-electron chi connectivity index (χ2n) is 8.39. The SMILES string of the molecule is C=C1C(=O)O[C@@H]2/C=C(/C)CC/C=C(/C(=O)OC)[C@H](OC(C)=O)[C@@H](OC(=O)[C@@]3(C)O[C@@H]3C)[C@@H]12. The van der Waals surface area contributed by atoms with Crippen molar-refractivity contribution in [1.82, 2.24) is 0 Å². The molecule has 1 aliphatic carbocycles. The van der Waals surface area contributed by atoms with Gasteiger partial charge in [0.05, 0.1) is 24.7 Å². The highest BCUT2D eigenvalue weighted by Crippen LogP contribution is 2.41. The molecular weight excluding hydrogens is 420 g/mol. The van der Waals surface area contributed by atoms with Gasteiger partial charge in [-0.3, -0.25) is 4.79 Å². The fourth-order valence-electron chi connectivity index (χ4n) is 3.98. The first-order valence-corrected chi connectivity index (χ1v) is 10.4. The van der Waals surface area contributed by atoms with Crippen LogP contribution in [0.15, 0.2) is 35.5 Å². The standard InChI is InChI=1S/C23H28O9/c1-11-8-7-9-15(21(26)28-6)18(29-14(4)24)19(31-22(27)23(5)13(3)32-23)17-12(2)20(25)30-16(17)10-11/h9-10,13,16-19H,2,7-8H2,1,3-6H3/b11-10-,15-9+/t13-,16-,17+,18+,19+,23+/m1/s1. The number of epoxide rings is 1. The number of rotatable bonds is 4. The molecule has 2 fully saturated rings. The van der Waals surface area contributed by atoms with Gasteiger partial charge in [0.25, 0.3) is 0 Å². The molecule has 32 heavy (non-hydrogen) atoms. The van der Waals surface area contributed by atoms with E-state index < -0.39 is 53.7 Å². The highest BCUT2D eigenvalue weighted by molar-refractivity contribution is 5.93. The van der Waals surface area contributed by atoms with Gasteiger partial charge >= 0.3 is 23.9 Å². The highest BCUT2D eigenvalue weighted by Gasteiger charge is 2.59. The summed E-state index contributed by atoms with van der Waals surface area (Å²) < 4.78 is 27.1. The van der Waals surface area contributed by atoms with Crippen molar-refractivity contribution in [3.63, 3.8) is 0 Å². The number of fused-ring (bicyclic) bond motifs is 1. The lowest BCUT2D eigenvalue weighted by Gasteiger charge is -2.33. The molecule has 2 heterocycles. The van der Waals surface area contributed by atoms with Crippen molar-refractivity contribution in [1.29, 1.82) is 0 Å². The number of hydrogen-bond donors (Lipinski definition) is 0. The molecule has 0 spiro atoms. The summed E-state index contributed by atoms with van der Waals surface area (Å²) >= 11 is 0. The number of carbonyl (C=O) groups excluding carboxylic acids is 4. The van der Waals surface area contributed by atoms with E-state index in [1.54, 1.807) is 26.0 Å². The monoisotopic (exact) mass is 448 g/mol. The molecule has 0 aromatic rings. The van der Waals surface area contributed by atoms with Crippen LogP contribution >= 0.6 is 0 Å². The van der Waals surface area contributed by atoms with Crippen LogP contribution in [0.25, 0.3) is 0 Å². The summed E-state index contributed by atoms with van der Waals surface area (Å²) in [5.74, 6) is -3.70. The summed E-state index contributed by atoms with van der Waals surface area (Å²) in [6, 6.07) is 0. The number of ether oxygens (including phenoxy) is 5. The minimum absolute atomic E-state index is 0.0102. The maximum atomic E-state index is 13.0. The zero-order valence-electron chi connectivity index (χ0n) is 18.8. The molecule has 0 aromatic heterocycles. The van der Waals surface area contributed by atoms with Crippen LogP contribution in [0.4, 0.5) is 0 Å². The van der Waals surface area contributed by atoms with Gasteiger partial charge in [-0.15, -0.1) is 0 Å². The molecule has 6 atom stereocenters. The summed E-state index contributed by atoms with van der Waals surface area (Å²) in [5.41, 5.74) is -0.216. The number of carbonyl (C=O) groups is 4. The fraction of sp³-hybridized carbons (Fsp3) is 0.565. The van der Waals surface area contributed by atoms with E-state index in [4.69, 9.17) is 23.7 Å². The lowest BCUT2D eigenvalue weighted by Crippen LogP contribution is -2.47. The van der Waals surface area contributed by atoms with Crippen LogP contribution in [0.5, 0.6) is 0 Å². The van der Waals surface area contributed by atoms with Crippen LogP contribution in [0.1, 0.15) is 40.5 Å². The van der Waals surface area contributed by atoms with E-state index >= 15 is 0 Å². The smallest absolute Gasteiger partial charge is 0.341 e. The van der Waals surface area contributed by atoms with E-state index in [-0.39, 0.29) is 17.3 Å². The van der Waals surface area contributed by atoms with Crippen LogP contribution < -0.4 is 0 Å². The molecule has 0 bridgehead atoms. The van der Waals surface area contributed by atoms with Crippen molar-refractivity contribution in [3.8, 4) is 0 Å². The van der Waals surface area contributed by atoms with Crippen molar-refractivity contribution in [2.24, 2.45) is 5.92 Å². The zero-order valence-corrected chi connectivity index (χ0v) is 18.8. The molecular formula is C23H28O9. The maximum absolute atomic E-state index is 13.0. The van der Waals surface area contributed by atoms with Gasteiger partial charge in [0.15, 0.2) is 17.8 Å². The lowest BCUT2D eigenvalue weighted by molar-refractivity contribution is -0.173. The molecule has 174 valence electrons. The second-order valence-corrected chi connectivity index (χ2v) is 8.39. The van der Waals surface area contributed by atoms with Crippen LogP contribution in [-0.4, -0.2) is 61.0 Å². The Balaban J connectivity index is 2.14. The van der Waals surface area contributed by atoms with E-state index in [0.29, 0.717) is 12.8 Å².